The lowest BCUT2D eigenvalue weighted by Gasteiger charge is -2.02. The molecule has 4 heteroatoms. The average Bonchev–Trinajstić information content (AvgIpc) is 1.67. The molecule has 0 aliphatic rings. The van der Waals surface area contributed by atoms with Crippen molar-refractivity contribution in [2.24, 2.45) is 0 Å². The molecule has 0 bridgehead atoms. The van der Waals surface area contributed by atoms with Crippen LogP contribution in [0.25, 0.3) is 0 Å². The summed E-state index contributed by atoms with van der Waals surface area (Å²) in [6.45, 7) is 4.85. The van der Waals surface area contributed by atoms with E-state index in [1.807, 2.05) is 0 Å². The lowest BCUT2D eigenvalue weighted by Crippen LogP contribution is -2.27. The molecule has 1 unspecified atom stereocenters. The van der Waals surface area contributed by atoms with E-state index in [1.165, 1.54) is 14.0 Å². The second-order valence-corrected chi connectivity index (χ2v) is 3.86. The van der Waals surface area contributed by atoms with Gasteiger partial charge in [0.25, 0.3) is 0 Å². The van der Waals surface area contributed by atoms with E-state index in [0.717, 1.165) is 0 Å². The summed E-state index contributed by atoms with van der Waals surface area (Å²) < 4.78 is 23.2. The van der Waals surface area contributed by atoms with Crippen LogP contribution in [0.4, 0.5) is 0 Å². The van der Waals surface area contributed by atoms with Crippen molar-refractivity contribution in [1.82, 2.24) is 4.72 Å². The Bertz CT molecular complexity index is 147. The van der Waals surface area contributed by atoms with Gasteiger partial charge in [-0.15, -0.1) is 0 Å². The van der Waals surface area contributed by atoms with Crippen molar-refractivity contribution in [2.75, 3.05) is 7.05 Å². The lowest BCUT2D eigenvalue weighted by molar-refractivity contribution is 0.583. The van der Waals surface area contributed by atoms with Crippen LogP contribution in [0.5, 0.6) is 0 Å². The van der Waals surface area contributed by atoms with Crippen molar-refractivity contribution >= 4 is 10.0 Å². The highest BCUT2D eigenvalue weighted by atomic mass is 32.2. The molecule has 0 heterocycles. The van der Waals surface area contributed by atoms with Crippen molar-refractivity contribution in [2.45, 2.75) is 12.2 Å². The SMILES string of the molecule is [CH2]C(C)S(=O)(=O)NC. The van der Waals surface area contributed by atoms with Crippen LogP contribution in [0.15, 0.2) is 0 Å². The third kappa shape index (κ3) is 1.79. The van der Waals surface area contributed by atoms with Gasteiger partial charge in [0.1, 0.15) is 0 Å². The van der Waals surface area contributed by atoms with Gasteiger partial charge in [0, 0.05) is 0 Å². The van der Waals surface area contributed by atoms with E-state index in [9.17, 15) is 8.42 Å². The van der Waals surface area contributed by atoms with Crippen LogP contribution in [0, 0.1) is 6.92 Å². The van der Waals surface area contributed by atoms with Gasteiger partial charge >= 0.3 is 0 Å². The highest BCUT2D eigenvalue weighted by Gasteiger charge is 2.10. The van der Waals surface area contributed by atoms with Crippen LogP contribution >= 0.6 is 0 Å². The van der Waals surface area contributed by atoms with E-state index < -0.39 is 15.3 Å². The lowest BCUT2D eigenvalue weighted by atomic mass is 10.6. The molecule has 0 saturated heterocycles. The Morgan fingerprint density at radius 2 is 2.00 bits per heavy atom. The Kier molecular flexibility index (Phi) is 2.43. The molecular weight excluding hydrogens is 126 g/mol. The summed E-state index contributed by atoms with van der Waals surface area (Å²) in [6.07, 6.45) is 0. The topological polar surface area (TPSA) is 46.2 Å². The van der Waals surface area contributed by atoms with Gasteiger partial charge in [-0.2, -0.15) is 0 Å². The van der Waals surface area contributed by atoms with Crippen LogP contribution in [0.3, 0.4) is 0 Å². The number of nitrogens with one attached hydrogen (secondary N) is 1. The van der Waals surface area contributed by atoms with E-state index >= 15 is 0 Å². The highest BCUT2D eigenvalue weighted by molar-refractivity contribution is 7.90. The first-order valence-electron chi connectivity index (χ1n) is 2.26. The molecule has 0 aliphatic carbocycles. The molecule has 0 spiro atoms. The minimum Gasteiger partial charge on any atom is -0.218 e. The zero-order valence-electron chi connectivity index (χ0n) is 5.01. The van der Waals surface area contributed by atoms with Crippen LogP contribution in [0.1, 0.15) is 6.92 Å². The number of hydrogen-bond acceptors (Lipinski definition) is 2. The first kappa shape index (κ1) is 7.91. The van der Waals surface area contributed by atoms with Gasteiger partial charge in [0.15, 0.2) is 0 Å². The molecule has 0 aromatic rings. The van der Waals surface area contributed by atoms with Gasteiger partial charge < -0.3 is 0 Å². The molecule has 3 nitrogen and oxygen atoms in total. The maximum Gasteiger partial charge on any atom is 0.213 e. The van der Waals surface area contributed by atoms with Crippen LogP contribution < -0.4 is 4.72 Å². The van der Waals surface area contributed by atoms with Crippen LogP contribution in [-0.4, -0.2) is 20.7 Å². The Balaban J connectivity index is 4.17. The second-order valence-electron chi connectivity index (χ2n) is 1.56. The standard InChI is InChI=1S/C4H10NO2S/c1-4(2)8(6,7)5-3/h4-5H,1H2,2-3H3. The minimum atomic E-state index is -3.10. The Labute approximate surface area is 50.1 Å². The predicted octanol–water partition coefficient (Wildman–Crippen LogP) is -0.242. The first-order chi connectivity index (χ1) is 3.50. The van der Waals surface area contributed by atoms with Gasteiger partial charge in [-0.05, 0) is 20.9 Å². The third-order valence-corrected chi connectivity index (χ3v) is 2.44. The van der Waals surface area contributed by atoms with Gasteiger partial charge in [-0.3, -0.25) is 0 Å². The number of sulfonamides is 1. The quantitative estimate of drug-likeness (QED) is 0.569. The minimum absolute atomic E-state index is 0.576. The van der Waals surface area contributed by atoms with Gasteiger partial charge in [-0.1, -0.05) is 0 Å². The summed E-state index contributed by atoms with van der Waals surface area (Å²) in [5.74, 6) is 0. The third-order valence-electron chi connectivity index (χ3n) is 0.814. The molecule has 0 saturated carbocycles. The molecule has 0 aliphatic heterocycles. The van der Waals surface area contributed by atoms with E-state index in [2.05, 4.69) is 11.6 Å². The van der Waals surface area contributed by atoms with Crippen molar-refractivity contribution in [3.63, 3.8) is 0 Å². The van der Waals surface area contributed by atoms with Crippen molar-refractivity contribution in [3.05, 3.63) is 6.92 Å². The smallest absolute Gasteiger partial charge is 0.213 e. The summed E-state index contributed by atoms with van der Waals surface area (Å²) in [5, 5.41) is -0.576. The van der Waals surface area contributed by atoms with Gasteiger partial charge in [0.05, 0.1) is 5.25 Å². The molecule has 0 aromatic heterocycles. The number of rotatable bonds is 2. The monoisotopic (exact) mass is 136 g/mol. The Morgan fingerprint density at radius 1 is 1.62 bits per heavy atom. The number of hydrogen-bond donors (Lipinski definition) is 1. The fourth-order valence-electron chi connectivity index (χ4n) is 0.201. The average molecular weight is 136 g/mol. The zero-order chi connectivity index (χ0) is 6.78. The normalized spacial score (nSPS) is 12.5. The molecule has 8 heavy (non-hydrogen) atoms. The fourth-order valence-corrected chi connectivity index (χ4v) is 0.604. The first-order valence-corrected chi connectivity index (χ1v) is 3.81. The largest absolute Gasteiger partial charge is 0.218 e. The van der Waals surface area contributed by atoms with Gasteiger partial charge in [0.2, 0.25) is 10.0 Å². The molecule has 49 valence electrons. The van der Waals surface area contributed by atoms with E-state index in [1.54, 1.807) is 0 Å². The summed E-state index contributed by atoms with van der Waals surface area (Å²) in [6, 6.07) is 0. The molecule has 0 amide bonds. The second kappa shape index (κ2) is 2.46. The molecule has 1 atom stereocenters. The van der Waals surface area contributed by atoms with Crippen molar-refractivity contribution < 1.29 is 8.42 Å². The maximum absolute atomic E-state index is 10.5. The highest BCUT2D eigenvalue weighted by Crippen LogP contribution is 1.91. The summed E-state index contributed by atoms with van der Waals surface area (Å²) in [4.78, 5) is 0. The molecule has 0 fully saturated rings. The van der Waals surface area contributed by atoms with E-state index in [-0.39, 0.29) is 0 Å². The van der Waals surface area contributed by atoms with Gasteiger partial charge in [-0.25, -0.2) is 13.1 Å². The maximum atomic E-state index is 10.5. The van der Waals surface area contributed by atoms with E-state index in [0.29, 0.717) is 0 Å². The van der Waals surface area contributed by atoms with Crippen LogP contribution in [-0.2, 0) is 10.0 Å². The van der Waals surface area contributed by atoms with Crippen molar-refractivity contribution in [3.8, 4) is 0 Å². The molecule has 1 radical (unpaired) electrons. The molecule has 0 aromatic carbocycles. The Morgan fingerprint density at radius 3 is 2.00 bits per heavy atom. The molecular formula is C4H10NO2S. The summed E-state index contributed by atoms with van der Waals surface area (Å²) >= 11 is 0. The van der Waals surface area contributed by atoms with E-state index in [4.69, 9.17) is 0 Å². The molecule has 0 rings (SSSR count). The summed E-state index contributed by atoms with van der Waals surface area (Å²) in [7, 11) is -1.73. The van der Waals surface area contributed by atoms with Crippen LogP contribution in [0.2, 0.25) is 0 Å². The summed E-state index contributed by atoms with van der Waals surface area (Å²) in [5.41, 5.74) is 0. The fraction of sp³-hybridized carbons (Fsp3) is 0.750. The Hall–Kier alpha value is -0.0900. The van der Waals surface area contributed by atoms with Crippen molar-refractivity contribution in [1.29, 1.82) is 0 Å². The predicted molar refractivity (Wildman–Crippen MR) is 32.8 cm³/mol. The molecule has 1 N–H and O–H groups in total. The zero-order valence-corrected chi connectivity index (χ0v) is 5.83.